The molecule has 1 aromatic carbocycles. The van der Waals surface area contributed by atoms with Crippen molar-refractivity contribution in [1.82, 2.24) is 4.98 Å². The van der Waals surface area contributed by atoms with E-state index in [1.165, 1.54) is 0 Å². The third kappa shape index (κ3) is 4.34. The van der Waals surface area contributed by atoms with Gasteiger partial charge in [0.05, 0.1) is 11.9 Å². The number of rotatable bonds is 7. The van der Waals surface area contributed by atoms with Gasteiger partial charge in [-0.15, -0.1) is 0 Å². The van der Waals surface area contributed by atoms with Gasteiger partial charge in [-0.05, 0) is 49.9 Å². The summed E-state index contributed by atoms with van der Waals surface area (Å²) in [5, 5.41) is 2.98. The number of anilines is 2. The van der Waals surface area contributed by atoms with E-state index in [0.717, 1.165) is 48.4 Å². The zero-order valence-corrected chi connectivity index (χ0v) is 15.1. The normalized spacial score (nSPS) is 10.5. The van der Waals surface area contributed by atoms with Crippen LogP contribution in [-0.4, -0.2) is 24.0 Å². The van der Waals surface area contributed by atoms with E-state index in [9.17, 15) is 4.79 Å². The van der Waals surface area contributed by atoms with Crippen molar-refractivity contribution in [3.63, 3.8) is 0 Å². The first kappa shape index (κ1) is 18.0. The molecule has 1 amide bonds. The monoisotopic (exact) mass is 325 g/mol. The van der Waals surface area contributed by atoms with Crippen molar-refractivity contribution in [1.29, 1.82) is 0 Å². The van der Waals surface area contributed by atoms with Crippen molar-refractivity contribution in [3.05, 3.63) is 53.3 Å². The number of benzene rings is 1. The number of carbonyl (C=O) groups excluding carboxylic acids is 1. The number of para-hydroxylation sites is 1. The summed E-state index contributed by atoms with van der Waals surface area (Å²) < 4.78 is 0. The van der Waals surface area contributed by atoms with Gasteiger partial charge in [0.25, 0.3) is 5.91 Å². The number of aromatic nitrogens is 1. The summed E-state index contributed by atoms with van der Waals surface area (Å²) in [5.74, 6) is -0.170. The van der Waals surface area contributed by atoms with E-state index < -0.39 is 0 Å². The minimum absolute atomic E-state index is 0.170. The van der Waals surface area contributed by atoms with Crippen molar-refractivity contribution in [2.24, 2.45) is 0 Å². The van der Waals surface area contributed by atoms with Crippen LogP contribution in [0.5, 0.6) is 0 Å². The molecule has 0 atom stereocenters. The van der Waals surface area contributed by atoms with Crippen LogP contribution in [-0.2, 0) is 0 Å². The molecule has 0 bridgehead atoms. The summed E-state index contributed by atoms with van der Waals surface area (Å²) in [6.07, 6.45) is 3.98. The number of pyridine rings is 1. The van der Waals surface area contributed by atoms with Crippen LogP contribution in [0.2, 0.25) is 0 Å². The number of carbonyl (C=O) groups is 1. The Hall–Kier alpha value is -2.36. The van der Waals surface area contributed by atoms with Gasteiger partial charge in [-0.3, -0.25) is 4.79 Å². The van der Waals surface area contributed by atoms with Gasteiger partial charge in [0, 0.05) is 18.8 Å². The van der Waals surface area contributed by atoms with Crippen molar-refractivity contribution < 1.29 is 4.79 Å². The second-order valence-corrected chi connectivity index (χ2v) is 6.11. The SMILES string of the molecule is CCCN(CCC)c1ccc(C(=O)Nc2c(C)cccc2C)nc1. The molecular weight excluding hydrogens is 298 g/mol. The highest BCUT2D eigenvalue weighted by Gasteiger charge is 2.12. The predicted molar refractivity (Wildman–Crippen MR) is 101 cm³/mol. The van der Waals surface area contributed by atoms with E-state index in [1.807, 2.05) is 38.1 Å². The summed E-state index contributed by atoms with van der Waals surface area (Å²) in [6, 6.07) is 9.76. The van der Waals surface area contributed by atoms with Crippen LogP contribution in [0.1, 0.15) is 48.3 Å². The van der Waals surface area contributed by atoms with E-state index in [4.69, 9.17) is 0 Å². The fourth-order valence-electron chi connectivity index (χ4n) is 2.81. The van der Waals surface area contributed by atoms with Crippen LogP contribution in [0, 0.1) is 13.8 Å². The number of amides is 1. The number of hydrogen-bond donors (Lipinski definition) is 1. The minimum Gasteiger partial charge on any atom is -0.370 e. The Kier molecular flexibility index (Phi) is 6.36. The third-order valence-electron chi connectivity index (χ3n) is 4.05. The highest BCUT2D eigenvalue weighted by Crippen LogP contribution is 2.20. The Morgan fingerprint density at radius 2 is 1.67 bits per heavy atom. The fourth-order valence-corrected chi connectivity index (χ4v) is 2.81. The first-order chi connectivity index (χ1) is 11.6. The Balaban J connectivity index is 2.13. The van der Waals surface area contributed by atoms with Crippen LogP contribution >= 0.6 is 0 Å². The van der Waals surface area contributed by atoms with E-state index in [0.29, 0.717) is 5.69 Å². The Labute approximate surface area is 144 Å². The van der Waals surface area contributed by atoms with Gasteiger partial charge in [-0.1, -0.05) is 32.0 Å². The van der Waals surface area contributed by atoms with Crippen LogP contribution in [0.4, 0.5) is 11.4 Å². The van der Waals surface area contributed by atoms with Gasteiger partial charge >= 0.3 is 0 Å². The third-order valence-corrected chi connectivity index (χ3v) is 4.05. The van der Waals surface area contributed by atoms with E-state index in [1.54, 1.807) is 12.3 Å². The summed E-state index contributed by atoms with van der Waals surface area (Å²) in [5.41, 5.74) is 4.48. The Morgan fingerprint density at radius 1 is 1.04 bits per heavy atom. The van der Waals surface area contributed by atoms with Crippen LogP contribution in [0.25, 0.3) is 0 Å². The summed E-state index contributed by atoms with van der Waals surface area (Å²) in [7, 11) is 0. The largest absolute Gasteiger partial charge is 0.370 e. The lowest BCUT2D eigenvalue weighted by Crippen LogP contribution is -2.25. The van der Waals surface area contributed by atoms with Gasteiger partial charge in [0.2, 0.25) is 0 Å². The molecule has 0 saturated heterocycles. The molecule has 0 saturated carbocycles. The van der Waals surface area contributed by atoms with E-state index >= 15 is 0 Å². The molecule has 0 aliphatic rings. The van der Waals surface area contributed by atoms with Crippen molar-refractivity contribution in [3.8, 4) is 0 Å². The average Bonchev–Trinajstić information content (AvgIpc) is 2.58. The second kappa shape index (κ2) is 8.48. The topological polar surface area (TPSA) is 45.2 Å². The number of aryl methyl sites for hydroxylation is 2. The van der Waals surface area contributed by atoms with Gasteiger partial charge in [-0.25, -0.2) is 4.98 Å². The molecule has 2 aromatic rings. The highest BCUT2D eigenvalue weighted by molar-refractivity contribution is 6.03. The van der Waals surface area contributed by atoms with Gasteiger partial charge < -0.3 is 10.2 Å². The van der Waals surface area contributed by atoms with Crippen molar-refractivity contribution >= 4 is 17.3 Å². The van der Waals surface area contributed by atoms with E-state index in [2.05, 4.69) is 29.0 Å². The molecule has 1 heterocycles. The molecule has 0 unspecified atom stereocenters. The fraction of sp³-hybridized carbons (Fsp3) is 0.400. The highest BCUT2D eigenvalue weighted by atomic mass is 16.1. The maximum absolute atomic E-state index is 12.5. The molecule has 1 N–H and O–H groups in total. The van der Waals surface area contributed by atoms with E-state index in [-0.39, 0.29) is 5.91 Å². The number of nitrogens with zero attached hydrogens (tertiary/aromatic N) is 2. The molecule has 0 fully saturated rings. The van der Waals surface area contributed by atoms with Crippen LogP contribution < -0.4 is 10.2 Å². The summed E-state index contributed by atoms with van der Waals surface area (Å²) in [6.45, 7) is 10.3. The standard InChI is InChI=1S/C20H27N3O/c1-5-12-23(13-6-2)17-10-11-18(21-14-17)20(24)22-19-15(3)8-7-9-16(19)4/h7-11,14H,5-6,12-13H2,1-4H3,(H,22,24). The maximum Gasteiger partial charge on any atom is 0.274 e. The number of nitrogens with one attached hydrogen (secondary N) is 1. The van der Waals surface area contributed by atoms with Crippen LogP contribution in [0.3, 0.4) is 0 Å². The molecule has 1 aromatic heterocycles. The Bertz CT molecular complexity index is 654. The van der Waals surface area contributed by atoms with Gasteiger partial charge in [0.1, 0.15) is 5.69 Å². The maximum atomic E-state index is 12.5. The molecule has 0 aliphatic carbocycles. The molecule has 0 aliphatic heterocycles. The summed E-state index contributed by atoms with van der Waals surface area (Å²) in [4.78, 5) is 19.1. The molecular formula is C20H27N3O. The van der Waals surface area contributed by atoms with Gasteiger partial charge in [0.15, 0.2) is 0 Å². The number of hydrogen-bond acceptors (Lipinski definition) is 3. The minimum atomic E-state index is -0.170. The first-order valence-corrected chi connectivity index (χ1v) is 8.65. The molecule has 4 nitrogen and oxygen atoms in total. The van der Waals surface area contributed by atoms with Crippen molar-refractivity contribution in [2.45, 2.75) is 40.5 Å². The molecule has 0 spiro atoms. The second-order valence-electron chi connectivity index (χ2n) is 6.11. The lowest BCUT2D eigenvalue weighted by atomic mass is 10.1. The zero-order valence-electron chi connectivity index (χ0n) is 15.1. The smallest absolute Gasteiger partial charge is 0.274 e. The molecule has 4 heteroatoms. The van der Waals surface area contributed by atoms with Gasteiger partial charge in [-0.2, -0.15) is 0 Å². The predicted octanol–water partition coefficient (Wildman–Crippen LogP) is 4.58. The van der Waals surface area contributed by atoms with Crippen LogP contribution in [0.15, 0.2) is 36.5 Å². The lowest BCUT2D eigenvalue weighted by molar-refractivity contribution is 0.102. The molecule has 24 heavy (non-hydrogen) atoms. The molecule has 128 valence electrons. The lowest BCUT2D eigenvalue weighted by Gasteiger charge is -2.23. The molecule has 0 radical (unpaired) electrons. The van der Waals surface area contributed by atoms with Crippen molar-refractivity contribution in [2.75, 3.05) is 23.3 Å². The Morgan fingerprint density at radius 3 is 2.17 bits per heavy atom. The quantitative estimate of drug-likeness (QED) is 0.810. The molecule has 2 rings (SSSR count). The summed E-state index contributed by atoms with van der Waals surface area (Å²) >= 11 is 0. The average molecular weight is 325 g/mol. The zero-order chi connectivity index (χ0) is 17.5. The first-order valence-electron chi connectivity index (χ1n) is 8.65.